The summed E-state index contributed by atoms with van der Waals surface area (Å²) in [4.78, 5) is 8.45. The number of ether oxygens (including phenoxy) is 1. The first kappa shape index (κ1) is 15.9. The number of hydrogen-bond donors (Lipinski definition) is 2. The predicted molar refractivity (Wildman–Crippen MR) is 89.0 cm³/mol. The lowest BCUT2D eigenvalue weighted by atomic mass is 10.2. The van der Waals surface area contributed by atoms with E-state index in [9.17, 15) is 0 Å². The average Bonchev–Trinajstić information content (AvgIpc) is 3.33. The minimum absolute atomic E-state index is 0.710. The van der Waals surface area contributed by atoms with Gasteiger partial charge in [0, 0.05) is 38.2 Å². The molecule has 0 atom stereocenters. The third-order valence-corrected chi connectivity index (χ3v) is 3.86. The van der Waals surface area contributed by atoms with Gasteiger partial charge in [0.15, 0.2) is 5.96 Å². The summed E-state index contributed by atoms with van der Waals surface area (Å²) in [6.07, 6.45) is 6.47. The predicted octanol–water partition coefficient (Wildman–Crippen LogP) is 1.90. The minimum atomic E-state index is 0.710. The van der Waals surface area contributed by atoms with Gasteiger partial charge in [-0.15, -0.1) is 0 Å². The molecule has 0 spiro atoms. The molecule has 116 valence electrons. The summed E-state index contributed by atoms with van der Waals surface area (Å²) >= 11 is 1.81. The van der Waals surface area contributed by atoms with Gasteiger partial charge in [-0.05, 0) is 36.6 Å². The molecule has 1 fully saturated rings. The molecule has 6 heteroatoms. The summed E-state index contributed by atoms with van der Waals surface area (Å²) in [5, 5.41) is 6.57. The maximum atomic E-state index is 5.70. The Morgan fingerprint density at radius 2 is 2.33 bits per heavy atom. The number of nitrogens with one attached hydrogen (secondary N) is 2. The topological polar surface area (TPSA) is 58.5 Å². The van der Waals surface area contributed by atoms with E-state index in [0.717, 1.165) is 36.3 Å². The number of thioether (sulfide) groups is 1. The van der Waals surface area contributed by atoms with Crippen molar-refractivity contribution in [3.63, 3.8) is 0 Å². The molecule has 0 bridgehead atoms. The van der Waals surface area contributed by atoms with Crippen LogP contribution in [0.3, 0.4) is 0 Å². The van der Waals surface area contributed by atoms with E-state index in [1.54, 1.807) is 13.2 Å². The van der Waals surface area contributed by atoms with Crippen LogP contribution in [-0.2, 0) is 6.54 Å². The number of hydrogen-bond acceptors (Lipinski definition) is 4. The number of aliphatic imine (C=N–C) groups is 1. The Morgan fingerprint density at radius 1 is 1.48 bits per heavy atom. The SMILES string of the molecule is CN=C(NCCSC)NCc1ccnc(OCC2CC2)c1. The molecule has 0 unspecified atom stereocenters. The maximum absolute atomic E-state index is 5.70. The van der Waals surface area contributed by atoms with Crippen LogP contribution in [0.2, 0.25) is 0 Å². The van der Waals surface area contributed by atoms with E-state index in [1.807, 2.05) is 23.9 Å². The van der Waals surface area contributed by atoms with E-state index >= 15 is 0 Å². The highest BCUT2D eigenvalue weighted by molar-refractivity contribution is 7.98. The van der Waals surface area contributed by atoms with Gasteiger partial charge in [-0.3, -0.25) is 4.99 Å². The Morgan fingerprint density at radius 3 is 3.05 bits per heavy atom. The van der Waals surface area contributed by atoms with E-state index in [1.165, 1.54) is 12.8 Å². The standard InChI is InChI=1S/C15H24N4OS/c1-16-15(18-7-8-21-2)19-10-13-5-6-17-14(9-13)20-11-12-3-4-12/h5-6,9,12H,3-4,7-8,10-11H2,1-2H3,(H2,16,18,19). The second-order valence-electron chi connectivity index (χ2n) is 5.10. The van der Waals surface area contributed by atoms with Crippen molar-refractivity contribution in [2.75, 3.05) is 32.2 Å². The summed E-state index contributed by atoms with van der Waals surface area (Å²) in [6.45, 7) is 2.41. The van der Waals surface area contributed by atoms with Crippen LogP contribution in [0.5, 0.6) is 5.88 Å². The molecule has 5 nitrogen and oxygen atoms in total. The van der Waals surface area contributed by atoms with Crippen molar-refractivity contribution < 1.29 is 4.74 Å². The van der Waals surface area contributed by atoms with Crippen molar-refractivity contribution >= 4 is 17.7 Å². The third kappa shape index (κ3) is 6.25. The Kier molecular flexibility index (Phi) is 6.66. The zero-order chi connectivity index (χ0) is 14.9. The van der Waals surface area contributed by atoms with Gasteiger partial charge in [0.2, 0.25) is 5.88 Å². The van der Waals surface area contributed by atoms with Crippen molar-refractivity contribution in [1.82, 2.24) is 15.6 Å². The smallest absolute Gasteiger partial charge is 0.213 e. The summed E-state index contributed by atoms with van der Waals surface area (Å²) in [5.74, 6) is 3.34. The van der Waals surface area contributed by atoms with Crippen LogP contribution < -0.4 is 15.4 Å². The number of guanidine groups is 1. The summed E-state index contributed by atoms with van der Waals surface area (Å²) in [5.41, 5.74) is 1.14. The summed E-state index contributed by atoms with van der Waals surface area (Å²) < 4.78 is 5.70. The molecular weight excluding hydrogens is 284 g/mol. The molecule has 0 saturated heterocycles. The highest BCUT2D eigenvalue weighted by Gasteiger charge is 2.22. The lowest BCUT2D eigenvalue weighted by Gasteiger charge is -2.12. The fourth-order valence-corrected chi connectivity index (χ4v) is 2.11. The van der Waals surface area contributed by atoms with Crippen LogP contribution in [0, 0.1) is 5.92 Å². The van der Waals surface area contributed by atoms with Gasteiger partial charge < -0.3 is 15.4 Å². The van der Waals surface area contributed by atoms with Crippen LogP contribution >= 0.6 is 11.8 Å². The number of nitrogens with zero attached hydrogens (tertiary/aromatic N) is 2. The van der Waals surface area contributed by atoms with Gasteiger partial charge in [0.25, 0.3) is 0 Å². The van der Waals surface area contributed by atoms with E-state index in [2.05, 4.69) is 26.9 Å². The molecule has 0 aliphatic heterocycles. The molecule has 2 N–H and O–H groups in total. The number of aromatic nitrogens is 1. The first-order chi connectivity index (χ1) is 10.3. The van der Waals surface area contributed by atoms with Crippen molar-refractivity contribution in [3.05, 3.63) is 23.9 Å². The molecule has 0 radical (unpaired) electrons. The largest absolute Gasteiger partial charge is 0.477 e. The van der Waals surface area contributed by atoms with Crippen LogP contribution in [0.1, 0.15) is 18.4 Å². The van der Waals surface area contributed by atoms with E-state index in [4.69, 9.17) is 4.74 Å². The first-order valence-corrected chi connectivity index (χ1v) is 8.72. The van der Waals surface area contributed by atoms with Crippen LogP contribution in [0.25, 0.3) is 0 Å². The monoisotopic (exact) mass is 308 g/mol. The Bertz CT molecular complexity index is 463. The quantitative estimate of drug-likeness (QED) is 0.436. The van der Waals surface area contributed by atoms with Gasteiger partial charge in [0.1, 0.15) is 0 Å². The molecular formula is C15H24N4OS. The minimum Gasteiger partial charge on any atom is -0.477 e. The van der Waals surface area contributed by atoms with Crippen LogP contribution in [0.4, 0.5) is 0 Å². The zero-order valence-electron chi connectivity index (χ0n) is 12.8. The zero-order valence-corrected chi connectivity index (χ0v) is 13.6. The van der Waals surface area contributed by atoms with Crippen molar-refractivity contribution in [2.24, 2.45) is 10.9 Å². The Labute approximate surface area is 131 Å². The normalized spacial score (nSPS) is 14.9. The molecule has 0 amide bonds. The Balaban J connectivity index is 1.76. The van der Waals surface area contributed by atoms with Crippen molar-refractivity contribution in [2.45, 2.75) is 19.4 Å². The fourth-order valence-electron chi connectivity index (χ4n) is 1.80. The van der Waals surface area contributed by atoms with Gasteiger partial charge in [-0.1, -0.05) is 0 Å². The molecule has 1 saturated carbocycles. The number of rotatable bonds is 8. The average molecular weight is 308 g/mol. The van der Waals surface area contributed by atoms with Gasteiger partial charge in [-0.25, -0.2) is 4.98 Å². The third-order valence-electron chi connectivity index (χ3n) is 3.25. The highest BCUT2D eigenvalue weighted by Crippen LogP contribution is 2.29. The molecule has 1 heterocycles. The molecule has 2 rings (SSSR count). The van der Waals surface area contributed by atoms with E-state index < -0.39 is 0 Å². The lowest BCUT2D eigenvalue weighted by molar-refractivity contribution is 0.288. The Hall–Kier alpha value is -1.43. The van der Waals surface area contributed by atoms with Crippen LogP contribution in [0.15, 0.2) is 23.3 Å². The van der Waals surface area contributed by atoms with Gasteiger partial charge in [0.05, 0.1) is 6.61 Å². The fraction of sp³-hybridized carbons (Fsp3) is 0.600. The second-order valence-corrected chi connectivity index (χ2v) is 6.09. The second kappa shape index (κ2) is 8.77. The molecule has 1 aromatic rings. The molecule has 21 heavy (non-hydrogen) atoms. The molecule has 1 aromatic heterocycles. The first-order valence-electron chi connectivity index (χ1n) is 7.33. The molecule has 1 aliphatic carbocycles. The molecule has 1 aliphatic rings. The van der Waals surface area contributed by atoms with Crippen LogP contribution in [-0.4, -0.2) is 43.2 Å². The summed E-state index contributed by atoms with van der Waals surface area (Å²) in [7, 11) is 1.78. The summed E-state index contributed by atoms with van der Waals surface area (Å²) in [6, 6.07) is 3.98. The molecule has 0 aromatic carbocycles. The van der Waals surface area contributed by atoms with Crippen molar-refractivity contribution in [1.29, 1.82) is 0 Å². The van der Waals surface area contributed by atoms with Gasteiger partial charge >= 0.3 is 0 Å². The number of pyridine rings is 1. The maximum Gasteiger partial charge on any atom is 0.213 e. The van der Waals surface area contributed by atoms with Crippen molar-refractivity contribution in [3.8, 4) is 5.88 Å². The van der Waals surface area contributed by atoms with Gasteiger partial charge in [-0.2, -0.15) is 11.8 Å². The lowest BCUT2D eigenvalue weighted by Crippen LogP contribution is -2.37. The highest BCUT2D eigenvalue weighted by atomic mass is 32.2. The van der Waals surface area contributed by atoms with E-state index in [0.29, 0.717) is 12.4 Å². The van der Waals surface area contributed by atoms with E-state index in [-0.39, 0.29) is 0 Å².